The van der Waals surface area contributed by atoms with Gasteiger partial charge in [-0.2, -0.15) is 9.78 Å². The molecule has 0 saturated carbocycles. The van der Waals surface area contributed by atoms with E-state index in [0.29, 0.717) is 36.7 Å². The first-order chi connectivity index (χ1) is 14.3. The highest BCUT2D eigenvalue weighted by Gasteiger charge is 2.14. The normalized spacial score (nSPS) is 11.3. The number of rotatable bonds is 8. The molecule has 0 aliphatic rings. The lowest BCUT2D eigenvalue weighted by Gasteiger charge is -2.20. The van der Waals surface area contributed by atoms with E-state index < -0.39 is 9.84 Å². The maximum absolute atomic E-state index is 12.6. The van der Waals surface area contributed by atoms with Crippen molar-refractivity contribution in [3.8, 4) is 11.4 Å². The van der Waals surface area contributed by atoms with Gasteiger partial charge in [-0.05, 0) is 42.8 Å². The van der Waals surface area contributed by atoms with Crippen LogP contribution in [0.15, 0.2) is 70.5 Å². The van der Waals surface area contributed by atoms with E-state index in [1.165, 1.54) is 16.8 Å². The van der Waals surface area contributed by atoms with Crippen molar-refractivity contribution in [1.82, 2.24) is 9.78 Å². The SMILES string of the molecule is CN(CCCOc1ccc(S(C)(=O)=O)cc1)c1cnn(-c2ccccc2)c(=O)c1Cl. The monoisotopic (exact) mass is 447 g/mol. The van der Waals surface area contributed by atoms with Crippen LogP contribution in [0.4, 0.5) is 5.69 Å². The largest absolute Gasteiger partial charge is 0.494 e. The number of ether oxygens (including phenoxy) is 1. The van der Waals surface area contributed by atoms with Gasteiger partial charge in [0.1, 0.15) is 10.8 Å². The van der Waals surface area contributed by atoms with E-state index in [4.69, 9.17) is 16.3 Å². The summed E-state index contributed by atoms with van der Waals surface area (Å²) in [4.78, 5) is 14.7. The third-order valence-corrected chi connectivity index (χ3v) is 5.95. The van der Waals surface area contributed by atoms with E-state index in [0.717, 1.165) is 6.26 Å². The van der Waals surface area contributed by atoms with Crippen molar-refractivity contribution in [1.29, 1.82) is 0 Å². The molecule has 0 spiro atoms. The molecule has 9 heteroatoms. The molecular weight excluding hydrogens is 426 g/mol. The molecule has 0 aliphatic heterocycles. The maximum atomic E-state index is 12.6. The number of benzene rings is 2. The minimum absolute atomic E-state index is 0.105. The summed E-state index contributed by atoms with van der Waals surface area (Å²) in [6.07, 6.45) is 3.40. The van der Waals surface area contributed by atoms with Crippen molar-refractivity contribution in [3.05, 3.63) is 76.2 Å². The summed E-state index contributed by atoms with van der Waals surface area (Å²) in [7, 11) is -1.39. The number of hydrogen-bond donors (Lipinski definition) is 0. The van der Waals surface area contributed by atoms with E-state index in [2.05, 4.69) is 5.10 Å². The Morgan fingerprint density at radius 1 is 1.10 bits per heavy atom. The predicted molar refractivity (Wildman–Crippen MR) is 118 cm³/mol. The second kappa shape index (κ2) is 9.32. The highest BCUT2D eigenvalue weighted by Crippen LogP contribution is 2.21. The third-order valence-electron chi connectivity index (χ3n) is 4.47. The molecule has 0 radical (unpaired) electrons. The highest BCUT2D eigenvalue weighted by molar-refractivity contribution is 7.90. The second-order valence-electron chi connectivity index (χ2n) is 6.76. The summed E-state index contributed by atoms with van der Waals surface area (Å²) in [6.45, 7) is 1.02. The van der Waals surface area contributed by atoms with Gasteiger partial charge in [0.2, 0.25) is 0 Å². The molecule has 0 fully saturated rings. The zero-order chi connectivity index (χ0) is 21.7. The second-order valence-corrected chi connectivity index (χ2v) is 9.16. The summed E-state index contributed by atoms with van der Waals surface area (Å²) < 4.78 is 29.9. The Labute approximate surface area is 180 Å². The number of para-hydroxylation sites is 1. The van der Waals surface area contributed by atoms with E-state index in [9.17, 15) is 13.2 Å². The van der Waals surface area contributed by atoms with Crippen LogP contribution in [0.25, 0.3) is 5.69 Å². The first kappa shape index (κ1) is 21.9. The first-order valence-electron chi connectivity index (χ1n) is 9.24. The molecule has 0 amide bonds. The number of hydrogen-bond acceptors (Lipinski definition) is 6. The molecule has 3 aromatic rings. The van der Waals surface area contributed by atoms with Crippen LogP contribution in [-0.2, 0) is 9.84 Å². The van der Waals surface area contributed by atoms with Gasteiger partial charge >= 0.3 is 0 Å². The maximum Gasteiger partial charge on any atom is 0.292 e. The number of anilines is 1. The van der Waals surface area contributed by atoms with Crippen molar-refractivity contribution >= 4 is 27.1 Å². The third kappa shape index (κ3) is 5.20. The molecule has 1 aromatic heterocycles. The van der Waals surface area contributed by atoms with E-state index in [1.807, 2.05) is 30.1 Å². The van der Waals surface area contributed by atoms with Gasteiger partial charge in [0.15, 0.2) is 9.84 Å². The number of aromatic nitrogens is 2. The lowest BCUT2D eigenvalue weighted by atomic mass is 10.3. The quantitative estimate of drug-likeness (QED) is 0.493. The fourth-order valence-corrected chi connectivity index (χ4v) is 3.74. The number of nitrogens with zero attached hydrogens (tertiary/aromatic N) is 3. The number of halogens is 1. The van der Waals surface area contributed by atoms with E-state index >= 15 is 0 Å². The minimum atomic E-state index is -3.22. The number of sulfone groups is 1. The predicted octanol–water partition coefficient (Wildman–Crippen LogP) is 3.19. The van der Waals surface area contributed by atoms with Crippen LogP contribution in [0.2, 0.25) is 5.02 Å². The van der Waals surface area contributed by atoms with Gasteiger partial charge in [0.05, 0.1) is 29.1 Å². The fraction of sp³-hybridized carbons (Fsp3) is 0.238. The average Bonchev–Trinajstić information content (AvgIpc) is 2.73. The van der Waals surface area contributed by atoms with Crippen molar-refractivity contribution < 1.29 is 13.2 Å². The topological polar surface area (TPSA) is 81.5 Å². The Hall–Kier alpha value is -2.84. The van der Waals surface area contributed by atoms with Crippen LogP contribution >= 0.6 is 11.6 Å². The van der Waals surface area contributed by atoms with Gasteiger partial charge in [-0.1, -0.05) is 29.8 Å². The lowest BCUT2D eigenvalue weighted by Crippen LogP contribution is -2.27. The molecule has 0 bridgehead atoms. The molecule has 158 valence electrons. The summed E-state index contributed by atoms with van der Waals surface area (Å²) >= 11 is 6.31. The molecule has 7 nitrogen and oxygen atoms in total. The van der Waals surface area contributed by atoms with Crippen LogP contribution in [0.3, 0.4) is 0 Å². The van der Waals surface area contributed by atoms with Gasteiger partial charge < -0.3 is 9.64 Å². The molecule has 3 rings (SSSR count). The standard InChI is InChI=1S/C21H22ClN3O4S/c1-24(13-6-14-29-17-9-11-18(12-10-17)30(2,27)28)19-15-23-25(21(26)20(19)22)16-7-4-3-5-8-16/h3-5,7-12,15H,6,13-14H2,1-2H3. The first-order valence-corrected chi connectivity index (χ1v) is 11.5. The van der Waals surface area contributed by atoms with Gasteiger partial charge in [-0.25, -0.2) is 8.42 Å². The lowest BCUT2D eigenvalue weighted by molar-refractivity contribution is 0.312. The van der Waals surface area contributed by atoms with Crippen molar-refractivity contribution in [3.63, 3.8) is 0 Å². The highest BCUT2D eigenvalue weighted by atomic mass is 35.5. The van der Waals surface area contributed by atoms with Crippen LogP contribution in [0.5, 0.6) is 5.75 Å². The van der Waals surface area contributed by atoms with Crippen molar-refractivity contribution in [2.24, 2.45) is 0 Å². The fourth-order valence-electron chi connectivity index (χ4n) is 2.84. The summed E-state index contributed by atoms with van der Waals surface area (Å²) in [5.74, 6) is 0.593. The molecule has 1 heterocycles. The van der Waals surface area contributed by atoms with Crippen LogP contribution in [0.1, 0.15) is 6.42 Å². The smallest absolute Gasteiger partial charge is 0.292 e. The molecule has 2 aromatic carbocycles. The van der Waals surface area contributed by atoms with E-state index in [-0.39, 0.29) is 15.5 Å². The van der Waals surface area contributed by atoms with Crippen molar-refractivity contribution in [2.45, 2.75) is 11.3 Å². The van der Waals surface area contributed by atoms with Gasteiger partial charge in [0, 0.05) is 19.8 Å². The molecule has 0 unspecified atom stereocenters. The van der Waals surface area contributed by atoms with Gasteiger partial charge in [0.25, 0.3) is 5.56 Å². The van der Waals surface area contributed by atoms with Crippen LogP contribution < -0.4 is 15.2 Å². The Bertz CT molecular complexity index is 1160. The Morgan fingerprint density at radius 3 is 2.40 bits per heavy atom. The molecule has 0 saturated heterocycles. The van der Waals surface area contributed by atoms with Gasteiger partial charge in [-0.3, -0.25) is 4.79 Å². The summed E-state index contributed by atoms with van der Waals surface area (Å²) in [6, 6.07) is 15.4. The molecule has 0 aliphatic carbocycles. The average molecular weight is 448 g/mol. The van der Waals surface area contributed by atoms with Crippen LogP contribution in [0, 0.1) is 0 Å². The summed E-state index contributed by atoms with van der Waals surface area (Å²) in [5, 5.41) is 4.34. The Kier molecular flexibility index (Phi) is 6.79. The Morgan fingerprint density at radius 2 is 1.77 bits per heavy atom. The molecule has 0 N–H and O–H groups in total. The Balaban J connectivity index is 1.58. The molecule has 0 atom stereocenters. The van der Waals surface area contributed by atoms with E-state index in [1.54, 1.807) is 30.5 Å². The zero-order valence-electron chi connectivity index (χ0n) is 16.7. The van der Waals surface area contributed by atoms with Crippen LogP contribution in [-0.4, -0.2) is 44.7 Å². The minimum Gasteiger partial charge on any atom is -0.494 e. The molecular formula is C21H22ClN3O4S. The van der Waals surface area contributed by atoms with Gasteiger partial charge in [-0.15, -0.1) is 0 Å². The molecule has 30 heavy (non-hydrogen) atoms. The zero-order valence-corrected chi connectivity index (χ0v) is 18.2. The van der Waals surface area contributed by atoms with Crippen molar-refractivity contribution in [2.75, 3.05) is 31.4 Å². The summed E-state index contributed by atoms with van der Waals surface area (Å²) in [5.41, 5.74) is 0.815.